The number of rotatable bonds is 3. The van der Waals surface area contributed by atoms with E-state index in [0.29, 0.717) is 5.75 Å². The average Bonchev–Trinajstić information content (AvgIpc) is 2.15. The first kappa shape index (κ1) is 11.9. The molecule has 0 atom stereocenters. The maximum atomic E-state index is 11.0. The molecule has 3 nitrogen and oxygen atoms in total. The summed E-state index contributed by atoms with van der Waals surface area (Å²) in [5.74, 6) is 1.64. The highest BCUT2D eigenvalue weighted by molar-refractivity contribution is 14.1. The van der Waals surface area contributed by atoms with Crippen LogP contribution in [0, 0.1) is 22.8 Å². The van der Waals surface area contributed by atoms with E-state index in [0.717, 1.165) is 9.13 Å². The van der Waals surface area contributed by atoms with Gasteiger partial charge in [-0.05, 0) is 47.2 Å². The summed E-state index contributed by atoms with van der Waals surface area (Å²) in [5.41, 5.74) is 0.921. The van der Waals surface area contributed by atoms with Crippen LogP contribution in [-0.4, -0.2) is 17.7 Å². The molecule has 15 heavy (non-hydrogen) atoms. The van der Waals surface area contributed by atoms with E-state index in [4.69, 9.17) is 16.3 Å². The molecule has 1 N–H and O–H groups in total. The van der Waals surface area contributed by atoms with Crippen molar-refractivity contribution in [1.82, 2.24) is 0 Å². The van der Waals surface area contributed by atoms with Gasteiger partial charge in [0.2, 0.25) is 0 Å². The first-order valence-corrected chi connectivity index (χ1v) is 5.24. The van der Waals surface area contributed by atoms with E-state index in [2.05, 4.69) is 28.5 Å². The molecular weight excluding hydrogens is 307 g/mol. The largest absolute Gasteiger partial charge is 0.480 e. The number of carboxylic acid groups (broad SMARTS) is 1. The molecule has 1 aromatic rings. The summed E-state index contributed by atoms with van der Waals surface area (Å²) in [5, 5.41) is 8.98. The Morgan fingerprint density at radius 2 is 2.33 bits per heavy atom. The molecule has 0 amide bonds. The fourth-order valence-corrected chi connectivity index (χ4v) is 1.97. The SMILES string of the molecule is C#CCOc1c(C)cc(I)cc1C(=O)O. The predicted molar refractivity (Wildman–Crippen MR) is 65.2 cm³/mol. The second-order valence-electron chi connectivity index (χ2n) is 2.90. The van der Waals surface area contributed by atoms with Gasteiger partial charge in [-0.3, -0.25) is 0 Å². The summed E-state index contributed by atoms with van der Waals surface area (Å²) in [6.07, 6.45) is 5.06. The molecule has 0 aliphatic heterocycles. The molecule has 0 heterocycles. The van der Waals surface area contributed by atoms with Crippen LogP contribution in [0.4, 0.5) is 0 Å². The van der Waals surface area contributed by atoms with Crippen LogP contribution in [0.2, 0.25) is 0 Å². The Labute approximate surface area is 102 Å². The fourth-order valence-electron chi connectivity index (χ4n) is 1.19. The maximum Gasteiger partial charge on any atom is 0.339 e. The molecular formula is C11H9IO3. The van der Waals surface area contributed by atoms with Gasteiger partial charge in [0, 0.05) is 3.57 Å². The molecule has 0 unspecified atom stereocenters. The third-order valence-electron chi connectivity index (χ3n) is 1.77. The Hall–Kier alpha value is -1.22. The normalized spacial score (nSPS) is 9.40. The number of terminal acetylenes is 1. The number of benzene rings is 1. The summed E-state index contributed by atoms with van der Waals surface area (Å²) < 4.78 is 6.07. The molecule has 78 valence electrons. The third kappa shape index (κ3) is 2.86. The van der Waals surface area contributed by atoms with Crippen LogP contribution in [-0.2, 0) is 0 Å². The van der Waals surface area contributed by atoms with Gasteiger partial charge in [0.1, 0.15) is 17.9 Å². The summed E-state index contributed by atoms with van der Waals surface area (Å²) >= 11 is 2.06. The van der Waals surface area contributed by atoms with Gasteiger partial charge >= 0.3 is 5.97 Å². The number of carboxylic acids is 1. The molecule has 0 saturated heterocycles. The van der Waals surface area contributed by atoms with E-state index in [9.17, 15) is 4.79 Å². The lowest BCUT2D eigenvalue weighted by Gasteiger charge is -2.10. The number of hydrogen-bond acceptors (Lipinski definition) is 2. The highest BCUT2D eigenvalue weighted by atomic mass is 127. The van der Waals surface area contributed by atoms with Crippen molar-refractivity contribution in [2.45, 2.75) is 6.92 Å². The topological polar surface area (TPSA) is 46.5 Å². The van der Waals surface area contributed by atoms with Crippen molar-refractivity contribution in [3.63, 3.8) is 0 Å². The van der Waals surface area contributed by atoms with Crippen LogP contribution in [0.25, 0.3) is 0 Å². The fraction of sp³-hybridized carbons (Fsp3) is 0.182. The van der Waals surface area contributed by atoms with E-state index >= 15 is 0 Å². The number of halogens is 1. The number of aromatic carboxylic acids is 1. The Bertz CT molecular complexity index is 432. The van der Waals surface area contributed by atoms with Crippen molar-refractivity contribution in [2.75, 3.05) is 6.61 Å². The van der Waals surface area contributed by atoms with Crippen molar-refractivity contribution in [1.29, 1.82) is 0 Å². The van der Waals surface area contributed by atoms with E-state index < -0.39 is 5.97 Å². The Morgan fingerprint density at radius 1 is 1.67 bits per heavy atom. The Balaban J connectivity index is 3.22. The summed E-state index contributed by atoms with van der Waals surface area (Å²) in [6, 6.07) is 3.40. The molecule has 0 aromatic heterocycles. The zero-order valence-corrected chi connectivity index (χ0v) is 10.2. The Morgan fingerprint density at radius 3 is 2.87 bits per heavy atom. The van der Waals surface area contributed by atoms with Crippen molar-refractivity contribution >= 4 is 28.6 Å². The molecule has 0 bridgehead atoms. The van der Waals surface area contributed by atoms with Gasteiger partial charge in [-0.15, -0.1) is 6.42 Å². The maximum absolute atomic E-state index is 11.0. The highest BCUT2D eigenvalue weighted by Gasteiger charge is 2.14. The molecule has 0 radical (unpaired) electrons. The zero-order valence-electron chi connectivity index (χ0n) is 8.08. The summed E-state index contributed by atoms with van der Waals surface area (Å²) in [4.78, 5) is 11.0. The third-order valence-corrected chi connectivity index (χ3v) is 2.39. The van der Waals surface area contributed by atoms with Crippen LogP contribution in [0.3, 0.4) is 0 Å². The monoisotopic (exact) mass is 316 g/mol. The molecule has 1 rings (SSSR count). The van der Waals surface area contributed by atoms with Crippen molar-refractivity contribution in [3.8, 4) is 18.1 Å². The zero-order chi connectivity index (χ0) is 11.4. The van der Waals surface area contributed by atoms with Gasteiger partial charge in [-0.2, -0.15) is 0 Å². The minimum Gasteiger partial charge on any atom is -0.480 e. The lowest BCUT2D eigenvalue weighted by molar-refractivity contribution is 0.0692. The van der Waals surface area contributed by atoms with Crippen molar-refractivity contribution in [2.24, 2.45) is 0 Å². The van der Waals surface area contributed by atoms with Gasteiger partial charge in [0.05, 0.1) is 0 Å². The van der Waals surface area contributed by atoms with E-state index in [1.165, 1.54) is 0 Å². The minimum atomic E-state index is -1.01. The lowest BCUT2D eigenvalue weighted by atomic mass is 10.1. The van der Waals surface area contributed by atoms with Crippen LogP contribution >= 0.6 is 22.6 Å². The van der Waals surface area contributed by atoms with Crippen molar-refractivity contribution < 1.29 is 14.6 Å². The van der Waals surface area contributed by atoms with Crippen LogP contribution in [0.15, 0.2) is 12.1 Å². The predicted octanol–water partition coefficient (Wildman–Crippen LogP) is 2.31. The second-order valence-corrected chi connectivity index (χ2v) is 4.14. The molecule has 0 fully saturated rings. The van der Waals surface area contributed by atoms with E-state index in [1.54, 1.807) is 13.0 Å². The smallest absolute Gasteiger partial charge is 0.339 e. The summed E-state index contributed by atoms with van der Waals surface area (Å²) in [6.45, 7) is 1.86. The van der Waals surface area contributed by atoms with Gasteiger partial charge in [-0.1, -0.05) is 5.92 Å². The van der Waals surface area contributed by atoms with Gasteiger partial charge in [0.25, 0.3) is 0 Å². The Kier molecular flexibility index (Phi) is 3.97. The van der Waals surface area contributed by atoms with Crippen LogP contribution < -0.4 is 4.74 Å². The van der Waals surface area contributed by atoms with Gasteiger partial charge in [0.15, 0.2) is 0 Å². The van der Waals surface area contributed by atoms with E-state index in [1.807, 2.05) is 6.07 Å². The summed E-state index contributed by atoms with van der Waals surface area (Å²) in [7, 11) is 0. The van der Waals surface area contributed by atoms with Crippen molar-refractivity contribution in [3.05, 3.63) is 26.8 Å². The second kappa shape index (κ2) is 5.03. The van der Waals surface area contributed by atoms with Gasteiger partial charge < -0.3 is 9.84 Å². The molecule has 0 aliphatic rings. The van der Waals surface area contributed by atoms with Crippen LogP contribution in [0.1, 0.15) is 15.9 Å². The number of ether oxygens (including phenoxy) is 1. The number of aryl methyl sites for hydroxylation is 1. The molecule has 0 saturated carbocycles. The molecule has 4 heteroatoms. The highest BCUT2D eigenvalue weighted by Crippen LogP contribution is 2.26. The van der Waals surface area contributed by atoms with E-state index in [-0.39, 0.29) is 12.2 Å². The standard InChI is InChI=1S/C11H9IO3/c1-3-4-15-10-7(2)5-8(12)6-9(10)11(13)14/h1,5-6H,4H2,2H3,(H,13,14). The number of hydrogen-bond donors (Lipinski definition) is 1. The molecule has 0 spiro atoms. The quantitative estimate of drug-likeness (QED) is 0.688. The molecule has 1 aromatic carbocycles. The lowest BCUT2D eigenvalue weighted by Crippen LogP contribution is -2.05. The first-order chi connectivity index (χ1) is 7.06. The average molecular weight is 316 g/mol. The number of carbonyl (C=O) groups is 1. The van der Waals surface area contributed by atoms with Gasteiger partial charge in [-0.25, -0.2) is 4.79 Å². The first-order valence-electron chi connectivity index (χ1n) is 4.16. The minimum absolute atomic E-state index is 0.0711. The molecule has 0 aliphatic carbocycles. The van der Waals surface area contributed by atoms with Crippen LogP contribution in [0.5, 0.6) is 5.75 Å².